The maximum absolute atomic E-state index is 11.2. The number of hydrogen-bond acceptors (Lipinski definition) is 4. The lowest BCUT2D eigenvalue weighted by Crippen LogP contribution is -2.09. The quantitative estimate of drug-likeness (QED) is 0.625. The monoisotopic (exact) mass is 443 g/mol. The van der Waals surface area contributed by atoms with Crippen LogP contribution in [0.15, 0.2) is 30.5 Å². The predicted molar refractivity (Wildman–Crippen MR) is 94.3 cm³/mol. The van der Waals surface area contributed by atoms with Crippen molar-refractivity contribution in [1.82, 2.24) is 14.8 Å². The number of rotatable bonds is 4. The van der Waals surface area contributed by atoms with Crippen molar-refractivity contribution < 1.29 is 14.6 Å². The van der Waals surface area contributed by atoms with Gasteiger partial charge in [-0.3, -0.25) is 4.68 Å². The maximum Gasteiger partial charge on any atom is 0.341 e. The van der Waals surface area contributed by atoms with Crippen molar-refractivity contribution in [1.29, 1.82) is 0 Å². The second-order valence-corrected chi connectivity index (χ2v) is 6.32. The van der Waals surface area contributed by atoms with E-state index >= 15 is 0 Å². The summed E-state index contributed by atoms with van der Waals surface area (Å²) in [6.07, 6.45) is 1.79. The summed E-state index contributed by atoms with van der Waals surface area (Å²) in [6, 6.07) is 7.26. The van der Waals surface area contributed by atoms with Crippen LogP contribution < -0.4 is 4.74 Å². The molecule has 6 nitrogen and oxygen atoms in total. The maximum atomic E-state index is 11.2. The van der Waals surface area contributed by atoms with Gasteiger partial charge in [0, 0.05) is 8.96 Å². The largest absolute Gasteiger partial charge is 0.480 e. The molecule has 2 heterocycles. The zero-order valence-electron chi connectivity index (χ0n) is 12.0. The molecule has 3 aromatic rings. The van der Waals surface area contributed by atoms with Crippen LogP contribution >= 0.6 is 34.2 Å². The number of benzene rings is 1. The van der Waals surface area contributed by atoms with Gasteiger partial charge in [-0.2, -0.15) is 5.10 Å². The summed E-state index contributed by atoms with van der Waals surface area (Å²) >= 11 is 8.43. The Morgan fingerprint density at radius 1 is 1.48 bits per heavy atom. The standard InChI is InChI=1S/C15H11ClIN3O3/c1-23-14-8(15(21)22)5-10(16)12(19-14)7-20-13-4-2-3-11(17)9(13)6-18-20/h2-6H,7H2,1H3,(H,21,22). The molecular weight excluding hydrogens is 433 g/mol. The fraction of sp³-hybridized carbons (Fsp3) is 0.133. The summed E-state index contributed by atoms with van der Waals surface area (Å²) in [5.74, 6) is -1.11. The molecule has 0 atom stereocenters. The number of halogens is 2. The normalized spacial score (nSPS) is 10.9. The summed E-state index contributed by atoms with van der Waals surface area (Å²) in [6.45, 7) is 0.318. The summed E-state index contributed by atoms with van der Waals surface area (Å²) < 4.78 is 7.92. The Balaban J connectivity index is 2.05. The molecule has 0 amide bonds. The highest BCUT2D eigenvalue weighted by Gasteiger charge is 2.17. The Morgan fingerprint density at radius 3 is 2.96 bits per heavy atom. The van der Waals surface area contributed by atoms with E-state index in [4.69, 9.17) is 21.4 Å². The van der Waals surface area contributed by atoms with E-state index in [9.17, 15) is 4.79 Å². The molecule has 0 bridgehead atoms. The van der Waals surface area contributed by atoms with Crippen LogP contribution in [0.1, 0.15) is 16.1 Å². The second-order valence-electron chi connectivity index (χ2n) is 4.75. The Kier molecular flexibility index (Phi) is 4.40. The van der Waals surface area contributed by atoms with Gasteiger partial charge in [-0.05, 0) is 40.8 Å². The van der Waals surface area contributed by atoms with E-state index in [1.807, 2.05) is 18.2 Å². The number of carboxylic acid groups (broad SMARTS) is 1. The van der Waals surface area contributed by atoms with E-state index in [-0.39, 0.29) is 16.5 Å². The molecule has 0 saturated carbocycles. The van der Waals surface area contributed by atoms with Crippen LogP contribution in [-0.2, 0) is 6.54 Å². The first-order valence-electron chi connectivity index (χ1n) is 6.58. The second kappa shape index (κ2) is 6.32. The van der Waals surface area contributed by atoms with Gasteiger partial charge in [0.1, 0.15) is 5.56 Å². The number of hydrogen-bond donors (Lipinski definition) is 1. The van der Waals surface area contributed by atoms with E-state index in [0.29, 0.717) is 12.2 Å². The molecular formula is C15H11ClIN3O3. The molecule has 2 aromatic heterocycles. The zero-order valence-corrected chi connectivity index (χ0v) is 14.9. The highest BCUT2D eigenvalue weighted by molar-refractivity contribution is 14.1. The highest BCUT2D eigenvalue weighted by Crippen LogP contribution is 2.26. The minimum atomic E-state index is -1.14. The third-order valence-electron chi connectivity index (χ3n) is 3.37. The van der Waals surface area contributed by atoms with E-state index in [1.165, 1.54) is 13.2 Å². The minimum Gasteiger partial charge on any atom is -0.480 e. The fourth-order valence-corrected chi connectivity index (χ4v) is 3.10. The number of fused-ring (bicyclic) bond motifs is 1. The minimum absolute atomic E-state index is 0.0305. The Labute approximate surface area is 150 Å². The average molecular weight is 444 g/mol. The molecule has 0 unspecified atom stereocenters. The molecule has 0 radical (unpaired) electrons. The van der Waals surface area contributed by atoms with Crippen LogP contribution in [0.3, 0.4) is 0 Å². The number of carbonyl (C=O) groups is 1. The Hall–Kier alpha value is -1.87. The van der Waals surface area contributed by atoms with Crippen molar-refractivity contribution in [3.05, 3.63) is 50.3 Å². The summed E-state index contributed by atoms with van der Waals surface area (Å²) in [4.78, 5) is 15.4. The molecule has 1 aromatic carbocycles. The molecule has 118 valence electrons. The summed E-state index contributed by atoms with van der Waals surface area (Å²) in [5, 5.41) is 14.8. The molecule has 0 aliphatic heterocycles. The van der Waals surface area contributed by atoms with Crippen LogP contribution in [0.5, 0.6) is 5.88 Å². The van der Waals surface area contributed by atoms with Crippen molar-refractivity contribution in [2.24, 2.45) is 0 Å². The van der Waals surface area contributed by atoms with Crippen molar-refractivity contribution in [2.75, 3.05) is 7.11 Å². The van der Waals surface area contributed by atoms with Crippen LogP contribution in [-0.4, -0.2) is 33.0 Å². The first kappa shape index (κ1) is 16.0. The topological polar surface area (TPSA) is 77.2 Å². The molecule has 0 spiro atoms. The van der Waals surface area contributed by atoms with Crippen molar-refractivity contribution in [3.8, 4) is 5.88 Å². The Bertz CT molecular complexity index is 910. The van der Waals surface area contributed by atoms with E-state index in [0.717, 1.165) is 14.5 Å². The lowest BCUT2D eigenvalue weighted by molar-refractivity contribution is 0.0692. The number of ether oxygens (including phenoxy) is 1. The van der Waals surface area contributed by atoms with Crippen LogP contribution in [0.25, 0.3) is 10.9 Å². The number of aromatic carboxylic acids is 1. The number of carboxylic acids is 1. The molecule has 0 aliphatic rings. The predicted octanol–water partition coefficient (Wildman–Crippen LogP) is 3.44. The summed E-state index contributed by atoms with van der Waals surface area (Å²) in [7, 11) is 1.37. The third kappa shape index (κ3) is 2.98. The van der Waals surface area contributed by atoms with Crippen molar-refractivity contribution >= 4 is 51.1 Å². The molecule has 0 saturated heterocycles. The first-order valence-corrected chi connectivity index (χ1v) is 8.03. The number of pyridine rings is 1. The lowest BCUT2D eigenvalue weighted by Gasteiger charge is -2.10. The molecule has 0 fully saturated rings. The van der Waals surface area contributed by atoms with Crippen LogP contribution in [0, 0.1) is 3.57 Å². The molecule has 3 rings (SSSR count). The Morgan fingerprint density at radius 2 is 2.26 bits per heavy atom. The third-order valence-corrected chi connectivity index (χ3v) is 4.64. The van der Waals surface area contributed by atoms with E-state index in [1.54, 1.807) is 10.9 Å². The molecule has 23 heavy (non-hydrogen) atoms. The average Bonchev–Trinajstić information content (AvgIpc) is 2.93. The van der Waals surface area contributed by atoms with Gasteiger partial charge in [0.2, 0.25) is 5.88 Å². The van der Waals surface area contributed by atoms with Gasteiger partial charge in [0.15, 0.2) is 0 Å². The number of aromatic nitrogens is 3. The lowest BCUT2D eigenvalue weighted by atomic mass is 10.2. The van der Waals surface area contributed by atoms with Gasteiger partial charge >= 0.3 is 5.97 Å². The van der Waals surface area contributed by atoms with Crippen molar-refractivity contribution in [3.63, 3.8) is 0 Å². The van der Waals surface area contributed by atoms with Gasteiger partial charge in [-0.25, -0.2) is 9.78 Å². The molecule has 0 aliphatic carbocycles. The fourth-order valence-electron chi connectivity index (χ4n) is 2.26. The van der Waals surface area contributed by atoms with Gasteiger partial charge in [-0.1, -0.05) is 17.7 Å². The molecule has 8 heteroatoms. The number of nitrogens with zero attached hydrogens (tertiary/aromatic N) is 3. The van der Waals surface area contributed by atoms with Crippen molar-refractivity contribution in [2.45, 2.75) is 6.54 Å². The first-order chi connectivity index (χ1) is 11.0. The van der Waals surface area contributed by atoms with Gasteiger partial charge in [0.25, 0.3) is 0 Å². The highest BCUT2D eigenvalue weighted by atomic mass is 127. The van der Waals surface area contributed by atoms with Crippen LogP contribution in [0.4, 0.5) is 0 Å². The molecule has 1 N–H and O–H groups in total. The van der Waals surface area contributed by atoms with Gasteiger partial charge < -0.3 is 9.84 Å². The van der Waals surface area contributed by atoms with Gasteiger partial charge in [0.05, 0.1) is 36.1 Å². The SMILES string of the molecule is COc1nc(Cn2ncc3c(I)cccc32)c(Cl)cc1C(=O)O. The van der Waals surface area contributed by atoms with E-state index in [2.05, 4.69) is 32.7 Å². The summed E-state index contributed by atoms with van der Waals surface area (Å²) in [5.41, 5.74) is 1.38. The zero-order chi connectivity index (χ0) is 16.6. The van der Waals surface area contributed by atoms with E-state index < -0.39 is 5.97 Å². The smallest absolute Gasteiger partial charge is 0.341 e. The number of methoxy groups -OCH3 is 1. The van der Waals surface area contributed by atoms with Crippen LogP contribution in [0.2, 0.25) is 5.02 Å². The van der Waals surface area contributed by atoms with Gasteiger partial charge in [-0.15, -0.1) is 0 Å².